The van der Waals surface area contributed by atoms with E-state index >= 15 is 0 Å². The first-order chi connectivity index (χ1) is 7.65. The number of hydrogen-bond donors (Lipinski definition) is 1. The fourth-order valence-electron chi connectivity index (χ4n) is 1.12. The molecule has 0 aliphatic rings. The van der Waals surface area contributed by atoms with Crippen molar-refractivity contribution in [3.8, 4) is 0 Å². The average molecular weight is 223 g/mol. The highest BCUT2D eigenvalue weighted by molar-refractivity contribution is 5.67. The van der Waals surface area contributed by atoms with E-state index in [0.29, 0.717) is 0 Å². The van der Waals surface area contributed by atoms with Gasteiger partial charge in [0.15, 0.2) is 0 Å². The molecule has 0 saturated heterocycles. The Hall–Kier alpha value is -1.55. The van der Waals surface area contributed by atoms with Crippen molar-refractivity contribution in [3.63, 3.8) is 0 Å². The Morgan fingerprint density at radius 2 is 2.06 bits per heavy atom. The molecule has 1 atom stereocenters. The van der Waals surface area contributed by atoms with Gasteiger partial charge in [-0.05, 0) is 12.5 Å². The van der Waals surface area contributed by atoms with E-state index in [0.717, 1.165) is 5.56 Å². The smallest absolute Gasteiger partial charge is 0.410 e. The molecule has 4 nitrogen and oxygen atoms in total. The fourth-order valence-corrected chi connectivity index (χ4v) is 1.12. The monoisotopic (exact) mass is 223 g/mol. The third-order valence-corrected chi connectivity index (χ3v) is 2.42. The summed E-state index contributed by atoms with van der Waals surface area (Å²) in [5.74, 6) is 0. The second kappa shape index (κ2) is 6.12. The second-order valence-electron chi connectivity index (χ2n) is 3.68. The molecule has 0 bridgehead atoms. The number of rotatable bonds is 4. The van der Waals surface area contributed by atoms with E-state index < -0.39 is 6.09 Å². The first-order valence-corrected chi connectivity index (χ1v) is 5.19. The quantitative estimate of drug-likeness (QED) is 0.844. The molecule has 1 rings (SSSR count). The van der Waals surface area contributed by atoms with Gasteiger partial charge in [0.25, 0.3) is 0 Å². The van der Waals surface area contributed by atoms with Gasteiger partial charge in [-0.15, -0.1) is 0 Å². The minimum atomic E-state index is -0.426. The molecule has 0 unspecified atom stereocenters. The van der Waals surface area contributed by atoms with Crippen LogP contribution < -0.4 is 0 Å². The molecule has 0 radical (unpaired) electrons. The third-order valence-electron chi connectivity index (χ3n) is 2.42. The van der Waals surface area contributed by atoms with E-state index in [4.69, 9.17) is 9.84 Å². The van der Waals surface area contributed by atoms with E-state index in [-0.39, 0.29) is 19.3 Å². The molecule has 0 fully saturated rings. The Morgan fingerprint density at radius 3 is 2.62 bits per heavy atom. The lowest BCUT2D eigenvalue weighted by atomic mass is 10.2. The van der Waals surface area contributed by atoms with E-state index in [1.165, 1.54) is 4.90 Å². The number of nitrogens with zero attached hydrogens (tertiary/aromatic N) is 1. The standard InChI is InChI=1S/C12H17NO3/c1-10(8-14)13(2)12(15)16-9-11-6-4-3-5-7-11/h3-7,10,14H,8-9H2,1-2H3/t10-/m0/s1. The minimum Gasteiger partial charge on any atom is -0.445 e. The summed E-state index contributed by atoms with van der Waals surface area (Å²) in [7, 11) is 1.61. The van der Waals surface area contributed by atoms with Gasteiger partial charge in [0, 0.05) is 7.05 Å². The summed E-state index contributed by atoms with van der Waals surface area (Å²) in [5.41, 5.74) is 0.945. The summed E-state index contributed by atoms with van der Waals surface area (Å²) in [5, 5.41) is 8.89. The summed E-state index contributed by atoms with van der Waals surface area (Å²) >= 11 is 0. The van der Waals surface area contributed by atoms with E-state index in [1.54, 1.807) is 14.0 Å². The molecular formula is C12H17NO3. The van der Waals surface area contributed by atoms with Crippen LogP contribution in [0.15, 0.2) is 30.3 Å². The molecule has 0 heterocycles. The predicted octanol–water partition coefficient (Wildman–Crippen LogP) is 1.64. The van der Waals surface area contributed by atoms with Crippen molar-refractivity contribution in [1.29, 1.82) is 0 Å². The maximum Gasteiger partial charge on any atom is 0.410 e. The van der Waals surface area contributed by atoms with Gasteiger partial charge in [0.2, 0.25) is 0 Å². The Balaban J connectivity index is 2.41. The highest BCUT2D eigenvalue weighted by Gasteiger charge is 2.15. The molecular weight excluding hydrogens is 206 g/mol. The zero-order valence-electron chi connectivity index (χ0n) is 9.59. The van der Waals surface area contributed by atoms with Gasteiger partial charge in [0.05, 0.1) is 12.6 Å². The maximum atomic E-state index is 11.5. The van der Waals surface area contributed by atoms with Gasteiger partial charge in [-0.25, -0.2) is 4.79 Å². The molecule has 1 amide bonds. The Kier molecular flexibility index (Phi) is 4.79. The lowest BCUT2D eigenvalue weighted by Gasteiger charge is -2.22. The number of amides is 1. The third kappa shape index (κ3) is 3.55. The molecule has 1 N–H and O–H groups in total. The largest absolute Gasteiger partial charge is 0.445 e. The van der Waals surface area contributed by atoms with Crippen LogP contribution in [0.1, 0.15) is 12.5 Å². The Morgan fingerprint density at radius 1 is 1.44 bits per heavy atom. The molecule has 1 aromatic rings. The molecule has 0 aliphatic carbocycles. The first-order valence-electron chi connectivity index (χ1n) is 5.19. The van der Waals surface area contributed by atoms with Crippen molar-refractivity contribution < 1.29 is 14.6 Å². The molecule has 0 spiro atoms. The number of carbonyl (C=O) groups excluding carboxylic acids is 1. The van der Waals surface area contributed by atoms with Crippen LogP contribution in [0, 0.1) is 0 Å². The van der Waals surface area contributed by atoms with Crippen LogP contribution >= 0.6 is 0 Å². The Bertz CT molecular complexity index is 326. The van der Waals surface area contributed by atoms with Crippen LogP contribution in [-0.4, -0.2) is 35.8 Å². The second-order valence-corrected chi connectivity index (χ2v) is 3.68. The molecule has 0 aromatic heterocycles. The van der Waals surface area contributed by atoms with Crippen molar-refractivity contribution in [2.45, 2.75) is 19.6 Å². The number of aliphatic hydroxyl groups excluding tert-OH is 1. The minimum absolute atomic E-state index is 0.0725. The maximum absolute atomic E-state index is 11.5. The van der Waals surface area contributed by atoms with E-state index in [2.05, 4.69) is 0 Å². The van der Waals surface area contributed by atoms with Crippen LogP contribution in [0.2, 0.25) is 0 Å². The lowest BCUT2D eigenvalue weighted by molar-refractivity contribution is 0.0803. The van der Waals surface area contributed by atoms with Crippen LogP contribution in [0.4, 0.5) is 4.79 Å². The van der Waals surface area contributed by atoms with Crippen molar-refractivity contribution in [2.75, 3.05) is 13.7 Å². The number of likely N-dealkylation sites (N-methyl/N-ethyl adjacent to an activating group) is 1. The summed E-state index contributed by atoms with van der Waals surface area (Å²) in [4.78, 5) is 12.9. The molecule has 88 valence electrons. The summed E-state index contributed by atoms with van der Waals surface area (Å²) in [6.07, 6.45) is -0.426. The molecule has 16 heavy (non-hydrogen) atoms. The van der Waals surface area contributed by atoms with Gasteiger partial charge in [-0.1, -0.05) is 30.3 Å². The summed E-state index contributed by atoms with van der Waals surface area (Å²) in [6, 6.07) is 9.24. The molecule has 1 aromatic carbocycles. The number of aliphatic hydroxyl groups is 1. The van der Waals surface area contributed by atoms with Crippen LogP contribution in [0.3, 0.4) is 0 Å². The highest BCUT2D eigenvalue weighted by atomic mass is 16.6. The zero-order valence-corrected chi connectivity index (χ0v) is 9.59. The van der Waals surface area contributed by atoms with Gasteiger partial charge < -0.3 is 14.7 Å². The molecule has 4 heteroatoms. The SMILES string of the molecule is C[C@@H](CO)N(C)C(=O)OCc1ccccc1. The summed E-state index contributed by atoms with van der Waals surface area (Å²) < 4.78 is 5.09. The zero-order chi connectivity index (χ0) is 12.0. The Labute approximate surface area is 95.5 Å². The van der Waals surface area contributed by atoms with E-state index in [9.17, 15) is 4.79 Å². The molecule has 0 saturated carbocycles. The number of hydrogen-bond acceptors (Lipinski definition) is 3. The normalized spacial score (nSPS) is 11.9. The number of ether oxygens (including phenoxy) is 1. The van der Waals surface area contributed by atoms with Crippen molar-refractivity contribution in [3.05, 3.63) is 35.9 Å². The van der Waals surface area contributed by atoms with Crippen molar-refractivity contribution in [2.24, 2.45) is 0 Å². The van der Waals surface area contributed by atoms with Gasteiger partial charge in [-0.3, -0.25) is 0 Å². The predicted molar refractivity (Wildman–Crippen MR) is 60.9 cm³/mol. The van der Waals surface area contributed by atoms with E-state index in [1.807, 2.05) is 30.3 Å². The van der Waals surface area contributed by atoms with Crippen LogP contribution in [-0.2, 0) is 11.3 Å². The topological polar surface area (TPSA) is 49.8 Å². The summed E-state index contributed by atoms with van der Waals surface area (Å²) in [6.45, 7) is 1.93. The van der Waals surface area contributed by atoms with Crippen LogP contribution in [0.25, 0.3) is 0 Å². The average Bonchev–Trinajstić information content (AvgIpc) is 2.35. The lowest BCUT2D eigenvalue weighted by Crippen LogP contribution is -2.37. The highest BCUT2D eigenvalue weighted by Crippen LogP contribution is 2.04. The van der Waals surface area contributed by atoms with Crippen molar-refractivity contribution >= 4 is 6.09 Å². The number of benzene rings is 1. The van der Waals surface area contributed by atoms with Crippen LogP contribution in [0.5, 0.6) is 0 Å². The first kappa shape index (κ1) is 12.5. The number of carbonyl (C=O) groups is 1. The molecule has 0 aliphatic heterocycles. The van der Waals surface area contributed by atoms with Gasteiger partial charge in [-0.2, -0.15) is 0 Å². The fraction of sp³-hybridized carbons (Fsp3) is 0.417. The van der Waals surface area contributed by atoms with Gasteiger partial charge >= 0.3 is 6.09 Å². The van der Waals surface area contributed by atoms with Gasteiger partial charge in [0.1, 0.15) is 6.61 Å². The van der Waals surface area contributed by atoms with Crippen molar-refractivity contribution in [1.82, 2.24) is 4.90 Å².